The van der Waals surface area contributed by atoms with Crippen molar-refractivity contribution >= 4 is 5.82 Å². The zero-order valence-electron chi connectivity index (χ0n) is 12.4. The first-order chi connectivity index (χ1) is 8.53. The van der Waals surface area contributed by atoms with Crippen molar-refractivity contribution in [3.8, 4) is 6.01 Å². The fourth-order valence-electron chi connectivity index (χ4n) is 2.02. The zero-order chi connectivity index (χ0) is 13.7. The first kappa shape index (κ1) is 14.7. The Morgan fingerprint density at radius 2 is 1.72 bits per heavy atom. The molecule has 18 heavy (non-hydrogen) atoms. The monoisotopic (exact) mass is 251 g/mol. The molecule has 0 aliphatic carbocycles. The second-order valence-corrected chi connectivity index (χ2v) is 4.59. The Hall–Kier alpha value is -1.32. The minimum Gasteiger partial charge on any atom is -0.461 e. The number of hydrogen-bond donors (Lipinski definition) is 0. The molecular formula is C14H25N3O. The van der Waals surface area contributed by atoms with Gasteiger partial charge >= 0.3 is 6.01 Å². The van der Waals surface area contributed by atoms with Crippen LogP contribution in [-0.2, 0) is 6.42 Å². The van der Waals surface area contributed by atoms with Crippen LogP contribution in [0.15, 0.2) is 0 Å². The molecule has 4 nitrogen and oxygen atoms in total. The molecule has 0 spiro atoms. The number of aryl methyl sites for hydroxylation is 1. The summed E-state index contributed by atoms with van der Waals surface area (Å²) >= 11 is 0. The SMILES string of the molecule is CCc1c(C)nc(OC(C)C)nc1N(CC)CC. The maximum atomic E-state index is 5.63. The first-order valence-electron chi connectivity index (χ1n) is 6.82. The number of nitrogens with zero attached hydrogens (tertiary/aromatic N) is 3. The molecule has 0 unspecified atom stereocenters. The number of rotatable bonds is 6. The lowest BCUT2D eigenvalue weighted by Crippen LogP contribution is -2.25. The molecule has 0 bridgehead atoms. The van der Waals surface area contributed by atoms with Crippen LogP contribution >= 0.6 is 0 Å². The van der Waals surface area contributed by atoms with Crippen LogP contribution in [0.2, 0.25) is 0 Å². The molecule has 102 valence electrons. The van der Waals surface area contributed by atoms with Crippen LogP contribution in [0.3, 0.4) is 0 Å². The number of anilines is 1. The molecule has 1 rings (SSSR count). The number of aromatic nitrogens is 2. The molecule has 0 aromatic carbocycles. The van der Waals surface area contributed by atoms with Gasteiger partial charge in [0.25, 0.3) is 0 Å². The van der Waals surface area contributed by atoms with Crippen LogP contribution in [0.4, 0.5) is 5.82 Å². The lowest BCUT2D eigenvalue weighted by molar-refractivity contribution is 0.221. The van der Waals surface area contributed by atoms with Gasteiger partial charge in [-0.15, -0.1) is 0 Å². The molecule has 0 atom stereocenters. The summed E-state index contributed by atoms with van der Waals surface area (Å²) in [5, 5.41) is 0. The highest BCUT2D eigenvalue weighted by Crippen LogP contribution is 2.24. The van der Waals surface area contributed by atoms with Crippen molar-refractivity contribution in [3.05, 3.63) is 11.3 Å². The van der Waals surface area contributed by atoms with Crippen LogP contribution < -0.4 is 9.64 Å². The molecule has 4 heteroatoms. The molecule has 1 heterocycles. The molecule has 0 fully saturated rings. The van der Waals surface area contributed by atoms with E-state index in [1.807, 2.05) is 20.8 Å². The number of hydrogen-bond acceptors (Lipinski definition) is 4. The maximum Gasteiger partial charge on any atom is 0.318 e. The Morgan fingerprint density at radius 1 is 1.11 bits per heavy atom. The predicted octanol–water partition coefficient (Wildman–Crippen LogP) is 2.98. The third-order valence-corrected chi connectivity index (χ3v) is 2.93. The van der Waals surface area contributed by atoms with E-state index in [1.165, 1.54) is 5.56 Å². The summed E-state index contributed by atoms with van der Waals surface area (Å²) in [6.07, 6.45) is 1.04. The molecule has 0 amide bonds. The number of ether oxygens (including phenoxy) is 1. The fraction of sp³-hybridized carbons (Fsp3) is 0.714. The minimum atomic E-state index is 0.0985. The molecule has 0 aliphatic heterocycles. The van der Waals surface area contributed by atoms with E-state index in [9.17, 15) is 0 Å². The zero-order valence-corrected chi connectivity index (χ0v) is 12.4. The van der Waals surface area contributed by atoms with Crippen LogP contribution in [0.25, 0.3) is 0 Å². The summed E-state index contributed by atoms with van der Waals surface area (Å²) in [5.41, 5.74) is 2.24. The minimum absolute atomic E-state index is 0.0985. The average molecular weight is 251 g/mol. The normalized spacial score (nSPS) is 10.8. The van der Waals surface area contributed by atoms with E-state index >= 15 is 0 Å². The molecular weight excluding hydrogens is 226 g/mol. The Balaban J connectivity index is 3.22. The summed E-state index contributed by atoms with van der Waals surface area (Å²) in [6.45, 7) is 14.3. The molecule has 1 aromatic rings. The summed E-state index contributed by atoms with van der Waals surface area (Å²) < 4.78 is 5.63. The standard InChI is InChI=1S/C14H25N3O/c1-7-12-11(6)15-14(18-10(4)5)16-13(12)17(8-2)9-3/h10H,7-9H2,1-6H3. The van der Waals surface area contributed by atoms with Gasteiger partial charge in [0, 0.05) is 24.3 Å². The van der Waals surface area contributed by atoms with E-state index in [4.69, 9.17) is 4.74 Å². The molecule has 0 radical (unpaired) electrons. The Morgan fingerprint density at radius 3 is 2.17 bits per heavy atom. The lowest BCUT2D eigenvalue weighted by Gasteiger charge is -2.24. The van der Waals surface area contributed by atoms with Gasteiger partial charge in [-0.1, -0.05) is 6.92 Å². The van der Waals surface area contributed by atoms with Gasteiger partial charge in [0.1, 0.15) is 5.82 Å². The average Bonchev–Trinajstić information content (AvgIpc) is 2.29. The largest absolute Gasteiger partial charge is 0.461 e. The Bertz CT molecular complexity index is 387. The van der Waals surface area contributed by atoms with E-state index in [1.54, 1.807) is 0 Å². The van der Waals surface area contributed by atoms with Gasteiger partial charge in [0.05, 0.1) is 6.10 Å². The van der Waals surface area contributed by atoms with Crippen molar-refractivity contribution in [1.29, 1.82) is 0 Å². The second-order valence-electron chi connectivity index (χ2n) is 4.59. The molecule has 0 saturated heterocycles. The van der Waals surface area contributed by atoms with Crippen LogP contribution in [0, 0.1) is 6.92 Å². The molecule has 0 aliphatic rings. The third-order valence-electron chi connectivity index (χ3n) is 2.93. The highest BCUT2D eigenvalue weighted by molar-refractivity contribution is 5.49. The van der Waals surface area contributed by atoms with Gasteiger partial charge in [-0.3, -0.25) is 0 Å². The third kappa shape index (κ3) is 3.34. The first-order valence-corrected chi connectivity index (χ1v) is 6.82. The van der Waals surface area contributed by atoms with Gasteiger partial charge in [0.15, 0.2) is 0 Å². The summed E-state index contributed by atoms with van der Waals surface area (Å²) in [7, 11) is 0. The summed E-state index contributed by atoms with van der Waals surface area (Å²) in [4.78, 5) is 11.3. The summed E-state index contributed by atoms with van der Waals surface area (Å²) in [5.74, 6) is 1.02. The van der Waals surface area contributed by atoms with Gasteiger partial charge in [-0.05, 0) is 41.0 Å². The quantitative estimate of drug-likeness (QED) is 0.779. The molecule has 0 saturated carbocycles. The van der Waals surface area contributed by atoms with E-state index in [-0.39, 0.29) is 6.10 Å². The Kier molecular flexibility index (Phi) is 5.38. The van der Waals surface area contributed by atoms with Crippen molar-refractivity contribution in [3.63, 3.8) is 0 Å². The predicted molar refractivity (Wildman–Crippen MR) is 75.5 cm³/mol. The Labute approximate surface area is 110 Å². The van der Waals surface area contributed by atoms with Crippen molar-refractivity contribution in [2.75, 3.05) is 18.0 Å². The second kappa shape index (κ2) is 6.57. The van der Waals surface area contributed by atoms with Crippen molar-refractivity contribution in [2.24, 2.45) is 0 Å². The van der Waals surface area contributed by atoms with E-state index < -0.39 is 0 Å². The van der Waals surface area contributed by atoms with Gasteiger partial charge in [0.2, 0.25) is 0 Å². The van der Waals surface area contributed by atoms with E-state index in [2.05, 4.69) is 35.6 Å². The lowest BCUT2D eigenvalue weighted by atomic mass is 10.1. The van der Waals surface area contributed by atoms with Gasteiger partial charge < -0.3 is 9.64 Å². The van der Waals surface area contributed by atoms with Crippen molar-refractivity contribution in [2.45, 2.75) is 54.1 Å². The van der Waals surface area contributed by atoms with Crippen LogP contribution in [0.1, 0.15) is 45.9 Å². The van der Waals surface area contributed by atoms with Crippen molar-refractivity contribution < 1.29 is 4.74 Å². The fourth-order valence-corrected chi connectivity index (χ4v) is 2.02. The summed E-state index contributed by atoms with van der Waals surface area (Å²) in [6, 6.07) is 0.488. The molecule has 1 aromatic heterocycles. The van der Waals surface area contributed by atoms with Gasteiger partial charge in [-0.2, -0.15) is 4.98 Å². The van der Waals surface area contributed by atoms with Crippen molar-refractivity contribution in [1.82, 2.24) is 9.97 Å². The highest BCUT2D eigenvalue weighted by Gasteiger charge is 2.15. The van der Waals surface area contributed by atoms with E-state index in [0.29, 0.717) is 6.01 Å². The van der Waals surface area contributed by atoms with Crippen LogP contribution in [-0.4, -0.2) is 29.2 Å². The molecule has 0 N–H and O–H groups in total. The topological polar surface area (TPSA) is 38.3 Å². The highest BCUT2D eigenvalue weighted by atomic mass is 16.5. The van der Waals surface area contributed by atoms with Crippen LogP contribution in [0.5, 0.6) is 6.01 Å². The van der Waals surface area contributed by atoms with E-state index in [0.717, 1.165) is 31.0 Å². The smallest absolute Gasteiger partial charge is 0.318 e. The maximum absolute atomic E-state index is 5.63. The van der Waals surface area contributed by atoms with Gasteiger partial charge in [-0.25, -0.2) is 4.98 Å².